The van der Waals surface area contributed by atoms with Crippen LogP contribution in [0.5, 0.6) is 11.5 Å². The predicted molar refractivity (Wildman–Crippen MR) is 85.2 cm³/mol. The van der Waals surface area contributed by atoms with E-state index in [4.69, 9.17) is 9.47 Å². The first-order valence-electron chi connectivity index (χ1n) is 6.96. The van der Waals surface area contributed by atoms with Gasteiger partial charge in [0.15, 0.2) is 5.65 Å². The molecule has 0 aliphatic carbocycles. The van der Waals surface area contributed by atoms with E-state index in [9.17, 15) is 4.79 Å². The first-order valence-corrected chi connectivity index (χ1v) is 6.96. The summed E-state index contributed by atoms with van der Waals surface area (Å²) in [6, 6.07) is 8.59. The molecule has 7 nitrogen and oxygen atoms in total. The normalized spacial score (nSPS) is 10.6. The van der Waals surface area contributed by atoms with Crippen LogP contribution in [0, 0.1) is 6.92 Å². The van der Waals surface area contributed by atoms with Crippen molar-refractivity contribution in [2.45, 2.75) is 6.92 Å². The number of ether oxygens (including phenoxy) is 2. The number of fused-ring (bicyclic) bond motifs is 1. The zero-order valence-corrected chi connectivity index (χ0v) is 13.0. The van der Waals surface area contributed by atoms with E-state index in [1.165, 1.54) is 0 Å². The molecule has 0 fully saturated rings. The van der Waals surface area contributed by atoms with Crippen LogP contribution in [-0.4, -0.2) is 34.7 Å². The average molecular weight is 312 g/mol. The lowest BCUT2D eigenvalue weighted by molar-refractivity contribution is 0.102. The molecule has 23 heavy (non-hydrogen) atoms. The number of carbonyl (C=O) groups excluding carboxylic acids is 1. The molecule has 3 rings (SSSR count). The van der Waals surface area contributed by atoms with Crippen molar-refractivity contribution in [1.29, 1.82) is 0 Å². The first kappa shape index (κ1) is 14.8. The van der Waals surface area contributed by atoms with Gasteiger partial charge < -0.3 is 14.8 Å². The van der Waals surface area contributed by atoms with Crippen molar-refractivity contribution in [3.05, 3.63) is 47.9 Å². The monoisotopic (exact) mass is 312 g/mol. The molecule has 1 N–H and O–H groups in total. The first-order chi connectivity index (χ1) is 11.1. The molecule has 0 saturated heterocycles. The Labute approximate surface area is 132 Å². The summed E-state index contributed by atoms with van der Waals surface area (Å²) in [6.45, 7) is 1.87. The van der Waals surface area contributed by atoms with Gasteiger partial charge in [0.1, 0.15) is 17.2 Å². The molecule has 118 valence electrons. The van der Waals surface area contributed by atoms with Crippen LogP contribution in [0.4, 0.5) is 5.69 Å². The van der Waals surface area contributed by atoms with Gasteiger partial charge in [0, 0.05) is 35.6 Å². The standard InChI is InChI=1S/C16H16N4O3/c1-10-6-14(19-15-4-5-17-20(10)15)16(21)18-11-7-12(22-2)9-13(8-11)23-3/h4-9H,1-3H3,(H,18,21). The van der Waals surface area contributed by atoms with Gasteiger partial charge in [0.05, 0.1) is 20.4 Å². The van der Waals surface area contributed by atoms with Crippen molar-refractivity contribution in [2.24, 2.45) is 0 Å². The van der Waals surface area contributed by atoms with Crippen LogP contribution >= 0.6 is 0 Å². The highest BCUT2D eigenvalue weighted by Crippen LogP contribution is 2.26. The van der Waals surface area contributed by atoms with Crippen LogP contribution < -0.4 is 14.8 Å². The number of hydrogen-bond acceptors (Lipinski definition) is 5. The third-order valence-electron chi connectivity index (χ3n) is 3.38. The molecule has 2 heterocycles. The van der Waals surface area contributed by atoms with Gasteiger partial charge in [0.25, 0.3) is 5.91 Å². The molecule has 2 aromatic heterocycles. The van der Waals surface area contributed by atoms with Crippen molar-refractivity contribution < 1.29 is 14.3 Å². The van der Waals surface area contributed by atoms with Crippen molar-refractivity contribution in [3.8, 4) is 11.5 Å². The molecular weight excluding hydrogens is 296 g/mol. The molecule has 0 atom stereocenters. The van der Waals surface area contributed by atoms with E-state index in [0.717, 1.165) is 5.69 Å². The molecule has 1 amide bonds. The Bertz CT molecular complexity index is 851. The van der Waals surface area contributed by atoms with E-state index in [2.05, 4.69) is 15.4 Å². The molecule has 0 unspecified atom stereocenters. The summed E-state index contributed by atoms with van der Waals surface area (Å²) in [6.07, 6.45) is 1.64. The number of carbonyl (C=O) groups is 1. The Morgan fingerprint density at radius 3 is 2.48 bits per heavy atom. The molecular formula is C16H16N4O3. The van der Waals surface area contributed by atoms with Gasteiger partial charge in [-0.05, 0) is 13.0 Å². The van der Waals surface area contributed by atoms with Crippen LogP contribution in [0.3, 0.4) is 0 Å². The second-order valence-electron chi connectivity index (χ2n) is 4.94. The lowest BCUT2D eigenvalue weighted by Crippen LogP contribution is -2.15. The summed E-state index contributed by atoms with van der Waals surface area (Å²) in [4.78, 5) is 16.7. The Morgan fingerprint density at radius 2 is 1.83 bits per heavy atom. The number of nitrogens with one attached hydrogen (secondary N) is 1. The number of aromatic nitrogens is 3. The van der Waals surface area contributed by atoms with Gasteiger partial charge in [-0.1, -0.05) is 0 Å². The summed E-state index contributed by atoms with van der Waals surface area (Å²) in [5.41, 5.74) is 2.34. The van der Waals surface area contributed by atoms with Gasteiger partial charge in [-0.25, -0.2) is 9.50 Å². The zero-order chi connectivity index (χ0) is 16.4. The molecule has 0 bridgehead atoms. The molecule has 3 aromatic rings. The lowest BCUT2D eigenvalue weighted by atomic mass is 10.2. The summed E-state index contributed by atoms with van der Waals surface area (Å²) in [5, 5.41) is 6.94. The Hall–Kier alpha value is -3.09. The third-order valence-corrected chi connectivity index (χ3v) is 3.38. The molecule has 0 spiro atoms. The minimum atomic E-state index is -0.313. The zero-order valence-electron chi connectivity index (χ0n) is 13.0. The summed E-state index contributed by atoms with van der Waals surface area (Å²) in [7, 11) is 3.11. The highest BCUT2D eigenvalue weighted by molar-refractivity contribution is 6.03. The number of amides is 1. The second-order valence-corrected chi connectivity index (χ2v) is 4.94. The van der Waals surface area contributed by atoms with Crippen molar-refractivity contribution in [3.63, 3.8) is 0 Å². The molecule has 7 heteroatoms. The van der Waals surface area contributed by atoms with Gasteiger partial charge in [-0.3, -0.25) is 4.79 Å². The fraction of sp³-hybridized carbons (Fsp3) is 0.188. The largest absolute Gasteiger partial charge is 0.497 e. The van der Waals surface area contributed by atoms with Crippen molar-refractivity contribution >= 4 is 17.2 Å². The van der Waals surface area contributed by atoms with Crippen LogP contribution in [0.15, 0.2) is 36.5 Å². The number of hydrogen-bond donors (Lipinski definition) is 1. The average Bonchev–Trinajstić information content (AvgIpc) is 3.03. The highest BCUT2D eigenvalue weighted by Gasteiger charge is 2.12. The highest BCUT2D eigenvalue weighted by atomic mass is 16.5. The van der Waals surface area contributed by atoms with E-state index in [0.29, 0.717) is 28.5 Å². The molecule has 0 aliphatic rings. The number of nitrogens with zero attached hydrogens (tertiary/aromatic N) is 3. The summed E-state index contributed by atoms with van der Waals surface area (Å²) in [5.74, 6) is 0.872. The number of methoxy groups -OCH3 is 2. The van der Waals surface area contributed by atoms with Crippen LogP contribution in [-0.2, 0) is 0 Å². The molecule has 0 aliphatic heterocycles. The topological polar surface area (TPSA) is 77.8 Å². The maximum absolute atomic E-state index is 12.4. The van der Waals surface area contributed by atoms with Gasteiger partial charge in [-0.2, -0.15) is 5.10 Å². The summed E-state index contributed by atoms with van der Waals surface area (Å²) < 4.78 is 12.1. The smallest absolute Gasteiger partial charge is 0.274 e. The third kappa shape index (κ3) is 2.94. The van der Waals surface area contributed by atoms with E-state index in [1.54, 1.807) is 55.3 Å². The SMILES string of the molecule is COc1cc(NC(=O)c2cc(C)n3nccc3n2)cc(OC)c1. The Kier molecular flexibility index (Phi) is 3.84. The molecule has 1 aromatic carbocycles. The maximum Gasteiger partial charge on any atom is 0.274 e. The number of rotatable bonds is 4. The fourth-order valence-corrected chi connectivity index (χ4v) is 2.26. The molecule has 0 saturated carbocycles. The molecule has 0 radical (unpaired) electrons. The van der Waals surface area contributed by atoms with Gasteiger partial charge >= 0.3 is 0 Å². The minimum Gasteiger partial charge on any atom is -0.497 e. The number of benzene rings is 1. The summed E-state index contributed by atoms with van der Waals surface area (Å²) >= 11 is 0. The van der Waals surface area contributed by atoms with E-state index in [-0.39, 0.29) is 5.91 Å². The maximum atomic E-state index is 12.4. The van der Waals surface area contributed by atoms with Crippen LogP contribution in [0.2, 0.25) is 0 Å². The minimum absolute atomic E-state index is 0.313. The van der Waals surface area contributed by atoms with Gasteiger partial charge in [-0.15, -0.1) is 0 Å². The Morgan fingerprint density at radius 1 is 1.13 bits per heavy atom. The number of aryl methyl sites for hydroxylation is 1. The Balaban J connectivity index is 1.91. The van der Waals surface area contributed by atoms with Crippen LogP contribution in [0.25, 0.3) is 5.65 Å². The van der Waals surface area contributed by atoms with E-state index in [1.807, 2.05) is 6.92 Å². The van der Waals surface area contributed by atoms with Crippen molar-refractivity contribution in [1.82, 2.24) is 14.6 Å². The second kappa shape index (κ2) is 5.96. The fourth-order valence-electron chi connectivity index (χ4n) is 2.26. The lowest BCUT2D eigenvalue weighted by Gasteiger charge is -2.10. The quantitative estimate of drug-likeness (QED) is 0.800. The van der Waals surface area contributed by atoms with Crippen molar-refractivity contribution in [2.75, 3.05) is 19.5 Å². The predicted octanol–water partition coefficient (Wildman–Crippen LogP) is 2.31. The van der Waals surface area contributed by atoms with E-state index >= 15 is 0 Å². The van der Waals surface area contributed by atoms with Crippen LogP contribution in [0.1, 0.15) is 16.2 Å². The van der Waals surface area contributed by atoms with Gasteiger partial charge in [0.2, 0.25) is 0 Å². The van der Waals surface area contributed by atoms with E-state index < -0.39 is 0 Å². The number of anilines is 1.